The second-order valence-electron chi connectivity index (χ2n) is 7.02. The van der Waals surface area contributed by atoms with Gasteiger partial charge in [0.05, 0.1) is 23.4 Å². The van der Waals surface area contributed by atoms with Crippen LogP contribution in [0.2, 0.25) is 0 Å². The van der Waals surface area contributed by atoms with Crippen molar-refractivity contribution in [2.24, 2.45) is 11.8 Å². The number of aromatic nitrogens is 2. The van der Waals surface area contributed by atoms with Gasteiger partial charge in [-0.3, -0.25) is 0 Å². The van der Waals surface area contributed by atoms with E-state index in [1.54, 1.807) is 0 Å². The first-order chi connectivity index (χ1) is 10.0. The standard InChI is InChI=1S/C18H27N3/c1-11-6-14(4)18(16(7-11)19-5)21-10-20-15-8-12(2)13(3)9-17(15)21/h8-11,14,16,18-19H,6-7H2,1-5H3. The molecular formula is C18H27N3. The number of fused-ring (bicyclic) bond motifs is 1. The summed E-state index contributed by atoms with van der Waals surface area (Å²) in [7, 11) is 2.09. The Labute approximate surface area is 127 Å². The van der Waals surface area contributed by atoms with Crippen LogP contribution >= 0.6 is 0 Å². The fourth-order valence-corrected chi connectivity index (χ4v) is 4.12. The van der Waals surface area contributed by atoms with E-state index in [1.807, 2.05) is 6.33 Å². The summed E-state index contributed by atoms with van der Waals surface area (Å²) in [6.45, 7) is 9.11. The second-order valence-corrected chi connectivity index (χ2v) is 7.02. The van der Waals surface area contributed by atoms with Gasteiger partial charge in [0.2, 0.25) is 0 Å². The third-order valence-corrected chi connectivity index (χ3v) is 5.31. The zero-order chi connectivity index (χ0) is 15.1. The van der Waals surface area contributed by atoms with Gasteiger partial charge in [-0.25, -0.2) is 4.98 Å². The minimum atomic E-state index is 0.498. The number of hydrogen-bond acceptors (Lipinski definition) is 2. The number of nitrogens with one attached hydrogen (secondary N) is 1. The highest BCUT2D eigenvalue weighted by Gasteiger charge is 2.34. The molecule has 114 valence electrons. The van der Waals surface area contributed by atoms with E-state index in [2.05, 4.69) is 61.7 Å². The smallest absolute Gasteiger partial charge is 0.0961 e. The molecule has 4 atom stereocenters. The van der Waals surface area contributed by atoms with Gasteiger partial charge in [0.1, 0.15) is 0 Å². The Kier molecular flexibility index (Phi) is 3.78. The highest BCUT2D eigenvalue weighted by atomic mass is 15.1. The molecule has 0 aliphatic heterocycles. The number of benzene rings is 1. The lowest BCUT2D eigenvalue weighted by molar-refractivity contribution is 0.162. The molecule has 3 heteroatoms. The van der Waals surface area contributed by atoms with Gasteiger partial charge in [0, 0.05) is 6.04 Å². The van der Waals surface area contributed by atoms with E-state index in [-0.39, 0.29) is 0 Å². The molecule has 21 heavy (non-hydrogen) atoms. The molecule has 3 nitrogen and oxygen atoms in total. The molecule has 1 N–H and O–H groups in total. The molecule has 1 aromatic heterocycles. The third-order valence-electron chi connectivity index (χ3n) is 5.31. The minimum Gasteiger partial charge on any atom is -0.326 e. The van der Waals surface area contributed by atoms with Crippen molar-refractivity contribution in [1.29, 1.82) is 0 Å². The predicted molar refractivity (Wildman–Crippen MR) is 88.7 cm³/mol. The average molecular weight is 285 g/mol. The number of aryl methyl sites for hydroxylation is 2. The first kappa shape index (κ1) is 14.6. The molecule has 0 radical (unpaired) electrons. The summed E-state index contributed by atoms with van der Waals surface area (Å²) in [4.78, 5) is 4.65. The fraction of sp³-hybridized carbons (Fsp3) is 0.611. The van der Waals surface area contributed by atoms with Crippen LogP contribution in [0.3, 0.4) is 0 Å². The molecule has 1 saturated carbocycles. The third kappa shape index (κ3) is 2.48. The number of hydrogen-bond donors (Lipinski definition) is 1. The largest absolute Gasteiger partial charge is 0.326 e. The van der Waals surface area contributed by atoms with Gasteiger partial charge in [-0.05, 0) is 68.8 Å². The van der Waals surface area contributed by atoms with Crippen LogP contribution < -0.4 is 5.32 Å². The monoisotopic (exact) mass is 285 g/mol. The van der Waals surface area contributed by atoms with Crippen LogP contribution in [0.15, 0.2) is 18.5 Å². The van der Waals surface area contributed by atoms with Crippen LogP contribution in [0, 0.1) is 25.7 Å². The maximum Gasteiger partial charge on any atom is 0.0961 e. The Hall–Kier alpha value is -1.35. The summed E-state index contributed by atoms with van der Waals surface area (Å²) >= 11 is 0. The van der Waals surface area contributed by atoms with Crippen LogP contribution in [-0.2, 0) is 0 Å². The van der Waals surface area contributed by atoms with Crippen LogP contribution in [-0.4, -0.2) is 22.6 Å². The lowest BCUT2D eigenvalue weighted by atomic mass is 9.76. The second kappa shape index (κ2) is 5.45. The number of rotatable bonds is 2. The predicted octanol–water partition coefficient (Wildman–Crippen LogP) is 3.85. The van der Waals surface area contributed by atoms with Crippen molar-refractivity contribution in [3.05, 3.63) is 29.6 Å². The van der Waals surface area contributed by atoms with E-state index in [1.165, 1.54) is 29.5 Å². The summed E-state index contributed by atoms with van der Waals surface area (Å²) in [6, 6.07) is 5.54. The molecule has 0 spiro atoms. The van der Waals surface area contributed by atoms with E-state index >= 15 is 0 Å². The molecule has 1 aromatic carbocycles. The van der Waals surface area contributed by atoms with Crippen molar-refractivity contribution in [1.82, 2.24) is 14.9 Å². The number of likely N-dealkylation sites (N-methyl/N-ethyl adjacent to an activating group) is 1. The first-order valence-corrected chi connectivity index (χ1v) is 8.12. The molecule has 1 fully saturated rings. The minimum absolute atomic E-state index is 0.498. The van der Waals surface area contributed by atoms with Crippen molar-refractivity contribution in [2.75, 3.05) is 7.05 Å². The quantitative estimate of drug-likeness (QED) is 0.908. The molecule has 1 heterocycles. The van der Waals surface area contributed by atoms with E-state index in [9.17, 15) is 0 Å². The van der Waals surface area contributed by atoms with Gasteiger partial charge in [-0.15, -0.1) is 0 Å². The Morgan fingerprint density at radius 3 is 2.57 bits per heavy atom. The van der Waals surface area contributed by atoms with Crippen molar-refractivity contribution in [3.8, 4) is 0 Å². The summed E-state index contributed by atoms with van der Waals surface area (Å²) in [5, 5.41) is 3.55. The Morgan fingerprint density at radius 1 is 1.14 bits per heavy atom. The van der Waals surface area contributed by atoms with Gasteiger partial charge in [-0.2, -0.15) is 0 Å². The van der Waals surface area contributed by atoms with Gasteiger partial charge >= 0.3 is 0 Å². The van der Waals surface area contributed by atoms with E-state index in [4.69, 9.17) is 0 Å². The lowest BCUT2D eigenvalue weighted by Crippen LogP contribution is -2.43. The Morgan fingerprint density at radius 2 is 1.86 bits per heavy atom. The van der Waals surface area contributed by atoms with E-state index < -0.39 is 0 Å². The first-order valence-electron chi connectivity index (χ1n) is 8.12. The normalized spacial score (nSPS) is 30.0. The highest BCUT2D eigenvalue weighted by molar-refractivity contribution is 5.77. The molecule has 3 rings (SSSR count). The summed E-state index contributed by atoms with van der Waals surface area (Å²) in [5.41, 5.74) is 5.08. The molecule has 0 saturated heterocycles. The summed E-state index contributed by atoms with van der Waals surface area (Å²) in [6.07, 6.45) is 4.59. The molecule has 1 aliphatic rings. The highest BCUT2D eigenvalue weighted by Crippen LogP contribution is 2.38. The molecule has 0 bridgehead atoms. The van der Waals surface area contributed by atoms with Crippen molar-refractivity contribution < 1.29 is 0 Å². The molecular weight excluding hydrogens is 258 g/mol. The maximum atomic E-state index is 4.65. The Balaban J connectivity index is 2.08. The molecule has 0 amide bonds. The summed E-state index contributed by atoms with van der Waals surface area (Å²) < 4.78 is 2.42. The van der Waals surface area contributed by atoms with Gasteiger partial charge in [0.25, 0.3) is 0 Å². The van der Waals surface area contributed by atoms with Crippen LogP contribution in [0.25, 0.3) is 11.0 Å². The van der Waals surface area contributed by atoms with Gasteiger partial charge in [-0.1, -0.05) is 13.8 Å². The zero-order valence-corrected chi connectivity index (χ0v) is 13.9. The van der Waals surface area contributed by atoms with Crippen LogP contribution in [0.4, 0.5) is 0 Å². The topological polar surface area (TPSA) is 29.9 Å². The Bertz CT molecular complexity index is 643. The van der Waals surface area contributed by atoms with E-state index in [0.717, 1.165) is 11.4 Å². The average Bonchev–Trinajstić information content (AvgIpc) is 2.81. The molecule has 4 unspecified atom stereocenters. The molecule has 2 aromatic rings. The van der Waals surface area contributed by atoms with Crippen LogP contribution in [0.1, 0.15) is 43.9 Å². The van der Waals surface area contributed by atoms with Gasteiger partial charge in [0.15, 0.2) is 0 Å². The zero-order valence-electron chi connectivity index (χ0n) is 13.9. The van der Waals surface area contributed by atoms with Crippen molar-refractivity contribution in [3.63, 3.8) is 0 Å². The maximum absolute atomic E-state index is 4.65. The van der Waals surface area contributed by atoms with Crippen molar-refractivity contribution in [2.45, 2.75) is 52.6 Å². The molecule has 1 aliphatic carbocycles. The number of imidazole rings is 1. The van der Waals surface area contributed by atoms with Crippen molar-refractivity contribution >= 4 is 11.0 Å². The summed E-state index contributed by atoms with van der Waals surface area (Å²) in [5.74, 6) is 1.47. The van der Waals surface area contributed by atoms with E-state index in [0.29, 0.717) is 18.0 Å². The van der Waals surface area contributed by atoms with Crippen LogP contribution in [0.5, 0.6) is 0 Å². The lowest BCUT2D eigenvalue weighted by Gasteiger charge is -2.40. The number of nitrogens with zero attached hydrogens (tertiary/aromatic N) is 2. The van der Waals surface area contributed by atoms with Gasteiger partial charge < -0.3 is 9.88 Å². The SMILES string of the molecule is CNC1CC(C)CC(C)C1n1cnc2cc(C)c(C)cc21. The fourth-order valence-electron chi connectivity index (χ4n) is 4.12.